The molecule has 0 spiro atoms. The van der Waals surface area contributed by atoms with Gasteiger partial charge in [0.05, 0.1) is 29.0 Å². The lowest BCUT2D eigenvalue weighted by atomic mass is 9.87. The van der Waals surface area contributed by atoms with Crippen molar-refractivity contribution in [1.82, 2.24) is 30.0 Å². The number of hydrogen-bond acceptors (Lipinski definition) is 6. The van der Waals surface area contributed by atoms with Crippen LogP contribution in [0.1, 0.15) is 48.8 Å². The lowest BCUT2D eigenvalue weighted by Gasteiger charge is -2.19. The molecular formula is C33H35N7OS. The summed E-state index contributed by atoms with van der Waals surface area (Å²) in [5.41, 5.74) is 10.6. The lowest BCUT2D eigenvalue weighted by molar-refractivity contribution is -0.118. The fourth-order valence-electron chi connectivity index (χ4n) is 4.59. The van der Waals surface area contributed by atoms with Gasteiger partial charge < -0.3 is 0 Å². The minimum Gasteiger partial charge on any atom is -0.272 e. The monoisotopic (exact) mass is 577 g/mol. The summed E-state index contributed by atoms with van der Waals surface area (Å²) in [5.74, 6) is 0.615. The minimum absolute atomic E-state index is 0.0553. The van der Waals surface area contributed by atoms with Crippen molar-refractivity contribution in [2.45, 2.75) is 52.1 Å². The number of rotatable bonds is 8. The first-order chi connectivity index (χ1) is 20.1. The zero-order valence-electron chi connectivity index (χ0n) is 24.8. The quantitative estimate of drug-likeness (QED) is 0.128. The number of nitrogens with one attached hydrogen (secondary N) is 1. The summed E-state index contributed by atoms with van der Waals surface area (Å²) in [5, 5.41) is 18.5. The number of thioether (sulfide) groups is 1. The average molecular weight is 578 g/mol. The van der Waals surface area contributed by atoms with Crippen molar-refractivity contribution in [3.05, 3.63) is 107 Å². The first-order valence-corrected chi connectivity index (χ1v) is 14.8. The van der Waals surface area contributed by atoms with Crippen LogP contribution in [-0.4, -0.2) is 42.4 Å². The Morgan fingerprint density at radius 3 is 2.26 bits per heavy atom. The van der Waals surface area contributed by atoms with Crippen LogP contribution < -0.4 is 5.43 Å². The van der Waals surface area contributed by atoms with Gasteiger partial charge in [-0.1, -0.05) is 92.7 Å². The highest BCUT2D eigenvalue weighted by atomic mass is 32.2. The summed E-state index contributed by atoms with van der Waals surface area (Å²) in [7, 11) is 0. The van der Waals surface area contributed by atoms with E-state index in [9.17, 15) is 4.79 Å². The fraction of sp³-hybridized carbons (Fsp3) is 0.242. The van der Waals surface area contributed by atoms with E-state index in [4.69, 9.17) is 0 Å². The van der Waals surface area contributed by atoms with E-state index in [0.29, 0.717) is 5.16 Å². The number of carbonyl (C=O) groups excluding carboxylic acids is 1. The van der Waals surface area contributed by atoms with E-state index in [1.807, 2.05) is 65.6 Å². The molecular weight excluding hydrogens is 542 g/mol. The number of amides is 1. The van der Waals surface area contributed by atoms with Crippen molar-refractivity contribution in [2.24, 2.45) is 5.10 Å². The molecule has 0 aliphatic carbocycles. The van der Waals surface area contributed by atoms with Gasteiger partial charge in [-0.3, -0.25) is 9.36 Å². The molecule has 5 aromatic rings. The summed E-state index contributed by atoms with van der Waals surface area (Å²) in [4.78, 5) is 12.8. The Labute approximate surface area is 250 Å². The molecule has 2 heterocycles. The zero-order chi connectivity index (χ0) is 29.9. The van der Waals surface area contributed by atoms with E-state index < -0.39 is 0 Å². The molecule has 1 amide bonds. The first-order valence-electron chi connectivity index (χ1n) is 13.8. The first kappa shape index (κ1) is 29.0. The molecule has 0 unspecified atom stereocenters. The molecule has 8 nitrogen and oxygen atoms in total. The van der Waals surface area contributed by atoms with Crippen LogP contribution in [0.5, 0.6) is 0 Å². The summed E-state index contributed by atoms with van der Waals surface area (Å²) < 4.78 is 3.87. The van der Waals surface area contributed by atoms with Gasteiger partial charge >= 0.3 is 0 Å². The second-order valence-electron chi connectivity index (χ2n) is 11.2. The van der Waals surface area contributed by atoms with Crippen molar-refractivity contribution in [3.8, 4) is 22.8 Å². The molecule has 1 N–H and O–H groups in total. The highest BCUT2D eigenvalue weighted by molar-refractivity contribution is 7.99. The van der Waals surface area contributed by atoms with Crippen molar-refractivity contribution >= 4 is 23.9 Å². The predicted molar refractivity (Wildman–Crippen MR) is 170 cm³/mol. The largest absolute Gasteiger partial charge is 0.272 e. The van der Waals surface area contributed by atoms with Gasteiger partial charge in [0.25, 0.3) is 5.91 Å². The fourth-order valence-corrected chi connectivity index (χ4v) is 5.33. The minimum atomic E-state index is -0.239. The molecule has 0 bridgehead atoms. The number of hydrogen-bond donors (Lipinski definition) is 1. The van der Waals surface area contributed by atoms with Crippen LogP contribution >= 0.6 is 11.8 Å². The third-order valence-electron chi connectivity index (χ3n) is 7.00. The maximum absolute atomic E-state index is 12.8. The Morgan fingerprint density at radius 1 is 0.905 bits per heavy atom. The maximum atomic E-state index is 12.8. The van der Waals surface area contributed by atoms with Crippen molar-refractivity contribution < 1.29 is 4.79 Å². The molecule has 3 aromatic carbocycles. The number of carbonyl (C=O) groups is 1. The highest BCUT2D eigenvalue weighted by Gasteiger charge is 2.19. The van der Waals surface area contributed by atoms with Crippen LogP contribution in [0.25, 0.3) is 22.8 Å². The Balaban J connectivity index is 1.32. The second-order valence-corrected chi connectivity index (χ2v) is 12.2. The van der Waals surface area contributed by atoms with E-state index in [0.717, 1.165) is 45.3 Å². The van der Waals surface area contributed by atoms with Gasteiger partial charge in [0.1, 0.15) is 0 Å². The smallest absolute Gasteiger partial charge is 0.250 e. The van der Waals surface area contributed by atoms with Crippen LogP contribution in [0, 0.1) is 20.8 Å². The van der Waals surface area contributed by atoms with Crippen LogP contribution in [0.4, 0.5) is 0 Å². The summed E-state index contributed by atoms with van der Waals surface area (Å²) in [6.07, 6.45) is 1.65. The van der Waals surface area contributed by atoms with Crippen molar-refractivity contribution in [1.29, 1.82) is 0 Å². The lowest BCUT2D eigenvalue weighted by Crippen LogP contribution is -2.20. The Hall–Kier alpha value is -4.50. The van der Waals surface area contributed by atoms with Crippen molar-refractivity contribution in [3.63, 3.8) is 0 Å². The SMILES string of the molecule is Cc1ccc(-n2c(SCC(=O)N/N=C/c3c(C)nn(-c4ccccc4)c3C)nnc2-c2ccc(C(C)(C)C)cc2)cc1. The molecule has 5 rings (SSSR count). The van der Waals surface area contributed by atoms with Gasteiger partial charge in [-0.25, -0.2) is 10.1 Å². The van der Waals surface area contributed by atoms with Gasteiger partial charge in [0.2, 0.25) is 0 Å². The number of hydrazone groups is 1. The average Bonchev–Trinajstić information content (AvgIpc) is 3.53. The number of nitrogens with zero attached hydrogens (tertiary/aromatic N) is 6. The maximum Gasteiger partial charge on any atom is 0.250 e. The van der Waals surface area contributed by atoms with Gasteiger partial charge in [-0.15, -0.1) is 10.2 Å². The summed E-state index contributed by atoms with van der Waals surface area (Å²) in [6, 6.07) is 26.5. The molecule has 214 valence electrons. The Kier molecular flexibility index (Phi) is 8.40. The Morgan fingerprint density at radius 2 is 1.60 bits per heavy atom. The van der Waals surface area contributed by atoms with E-state index in [1.165, 1.54) is 17.3 Å². The molecule has 42 heavy (non-hydrogen) atoms. The molecule has 0 fully saturated rings. The molecule has 0 saturated heterocycles. The van der Waals surface area contributed by atoms with E-state index in [-0.39, 0.29) is 17.1 Å². The molecule has 0 saturated carbocycles. The van der Waals surface area contributed by atoms with Crippen LogP contribution in [0.2, 0.25) is 0 Å². The zero-order valence-corrected chi connectivity index (χ0v) is 25.6. The third-order valence-corrected chi connectivity index (χ3v) is 7.93. The molecule has 0 radical (unpaired) electrons. The topological polar surface area (TPSA) is 90.0 Å². The molecule has 2 aromatic heterocycles. The summed E-state index contributed by atoms with van der Waals surface area (Å²) in [6.45, 7) is 12.6. The predicted octanol–water partition coefficient (Wildman–Crippen LogP) is 6.59. The second kappa shape index (κ2) is 12.2. The van der Waals surface area contributed by atoms with Gasteiger partial charge in [0, 0.05) is 16.8 Å². The van der Waals surface area contributed by atoms with E-state index >= 15 is 0 Å². The van der Waals surface area contributed by atoms with E-state index in [2.05, 4.69) is 89.9 Å². The Bertz CT molecular complexity index is 1710. The van der Waals surface area contributed by atoms with Crippen LogP contribution in [-0.2, 0) is 10.2 Å². The molecule has 0 aliphatic rings. The number of benzene rings is 3. The van der Waals surface area contributed by atoms with Crippen LogP contribution in [0.15, 0.2) is 89.1 Å². The van der Waals surface area contributed by atoms with Gasteiger partial charge in [-0.2, -0.15) is 10.2 Å². The summed E-state index contributed by atoms with van der Waals surface area (Å²) >= 11 is 1.32. The number of aryl methyl sites for hydroxylation is 2. The highest BCUT2D eigenvalue weighted by Crippen LogP contribution is 2.30. The molecule has 9 heteroatoms. The molecule has 0 atom stereocenters. The van der Waals surface area contributed by atoms with Gasteiger partial charge in [-0.05, 0) is 56.0 Å². The van der Waals surface area contributed by atoms with E-state index in [1.54, 1.807) is 6.21 Å². The molecule has 0 aliphatic heterocycles. The third kappa shape index (κ3) is 6.36. The standard InChI is InChI=1S/C33H35N7OS/c1-22-12-18-27(19-13-22)39-31(25-14-16-26(17-15-25)33(4,5)6)36-37-32(39)42-21-30(41)35-34-20-29-23(2)38-40(24(29)3)28-10-8-7-9-11-28/h7-20H,21H2,1-6H3,(H,35,41)/b34-20+. The normalized spacial score (nSPS) is 11.8. The number of aromatic nitrogens is 5. The number of para-hydroxylation sites is 1. The van der Waals surface area contributed by atoms with Gasteiger partial charge in [0.15, 0.2) is 11.0 Å². The van der Waals surface area contributed by atoms with Crippen molar-refractivity contribution in [2.75, 3.05) is 5.75 Å². The van der Waals surface area contributed by atoms with Crippen LogP contribution in [0.3, 0.4) is 0 Å².